The fourth-order valence-corrected chi connectivity index (χ4v) is 2.23. The van der Waals surface area contributed by atoms with E-state index in [-0.39, 0.29) is 24.0 Å². The molecular formula is C14H26N2O4. The van der Waals surface area contributed by atoms with E-state index in [0.29, 0.717) is 6.54 Å². The van der Waals surface area contributed by atoms with E-state index < -0.39 is 5.60 Å². The van der Waals surface area contributed by atoms with E-state index in [2.05, 4.69) is 0 Å². The van der Waals surface area contributed by atoms with E-state index in [1.165, 1.54) is 12.2 Å². The smallest absolute Gasteiger partial charge is 0.410 e. The molecule has 1 aliphatic rings. The number of amides is 2. The van der Waals surface area contributed by atoms with Crippen LogP contribution in [0.25, 0.3) is 0 Å². The lowest BCUT2D eigenvalue weighted by Gasteiger charge is -2.38. The molecule has 1 saturated heterocycles. The number of piperidine rings is 1. The highest BCUT2D eigenvalue weighted by Crippen LogP contribution is 2.25. The van der Waals surface area contributed by atoms with Crippen molar-refractivity contribution in [2.24, 2.45) is 5.92 Å². The van der Waals surface area contributed by atoms with Gasteiger partial charge in [-0.05, 0) is 40.5 Å². The Morgan fingerprint density at radius 1 is 1.25 bits per heavy atom. The SMILES string of the molecule is CON(C)C(=O)[C@@H]1CC[C@@H](C)N(C(=O)OC(C)(C)C)C1. The number of hydrogen-bond acceptors (Lipinski definition) is 4. The van der Waals surface area contributed by atoms with Crippen LogP contribution in [-0.2, 0) is 14.4 Å². The van der Waals surface area contributed by atoms with E-state index >= 15 is 0 Å². The van der Waals surface area contributed by atoms with Crippen LogP contribution in [0.3, 0.4) is 0 Å². The maximum atomic E-state index is 12.2. The number of carbonyl (C=O) groups is 2. The molecule has 2 atom stereocenters. The van der Waals surface area contributed by atoms with Crippen molar-refractivity contribution >= 4 is 12.0 Å². The molecule has 1 fully saturated rings. The Labute approximate surface area is 121 Å². The van der Waals surface area contributed by atoms with Gasteiger partial charge < -0.3 is 9.64 Å². The van der Waals surface area contributed by atoms with Crippen LogP contribution < -0.4 is 0 Å². The molecule has 1 heterocycles. The average molecular weight is 286 g/mol. The molecule has 2 amide bonds. The van der Waals surface area contributed by atoms with Crippen LogP contribution >= 0.6 is 0 Å². The number of ether oxygens (including phenoxy) is 1. The quantitative estimate of drug-likeness (QED) is 0.729. The summed E-state index contributed by atoms with van der Waals surface area (Å²) in [6.07, 6.45) is 1.18. The molecule has 0 aromatic rings. The molecule has 116 valence electrons. The fraction of sp³-hybridized carbons (Fsp3) is 0.857. The summed E-state index contributed by atoms with van der Waals surface area (Å²) in [6, 6.07) is 0.0850. The van der Waals surface area contributed by atoms with Crippen LogP contribution in [0.5, 0.6) is 0 Å². The molecule has 6 nitrogen and oxygen atoms in total. The first kappa shape index (κ1) is 16.8. The molecule has 1 aliphatic heterocycles. The van der Waals surface area contributed by atoms with Gasteiger partial charge in [-0.2, -0.15) is 0 Å². The predicted octanol–water partition coefficient (Wildman–Crippen LogP) is 2.04. The summed E-state index contributed by atoms with van der Waals surface area (Å²) in [5.74, 6) is -0.336. The maximum Gasteiger partial charge on any atom is 0.410 e. The normalized spacial score (nSPS) is 23.4. The number of carbonyl (C=O) groups excluding carboxylic acids is 2. The minimum atomic E-state index is -0.531. The predicted molar refractivity (Wildman–Crippen MR) is 74.9 cm³/mol. The van der Waals surface area contributed by atoms with Crippen molar-refractivity contribution in [3.63, 3.8) is 0 Å². The third-order valence-electron chi connectivity index (χ3n) is 3.44. The third kappa shape index (κ3) is 4.37. The summed E-state index contributed by atoms with van der Waals surface area (Å²) in [7, 11) is 3.03. The van der Waals surface area contributed by atoms with Gasteiger partial charge in [0.05, 0.1) is 13.0 Å². The van der Waals surface area contributed by atoms with Crippen molar-refractivity contribution in [3.8, 4) is 0 Å². The highest BCUT2D eigenvalue weighted by molar-refractivity contribution is 5.79. The number of hydroxylamine groups is 2. The zero-order chi connectivity index (χ0) is 15.5. The summed E-state index contributed by atoms with van der Waals surface area (Å²) in [5, 5.41) is 1.22. The molecule has 0 saturated carbocycles. The van der Waals surface area contributed by atoms with Crippen molar-refractivity contribution in [3.05, 3.63) is 0 Å². The number of likely N-dealkylation sites (tertiary alicyclic amines) is 1. The van der Waals surface area contributed by atoms with Crippen LogP contribution in [0.15, 0.2) is 0 Å². The van der Waals surface area contributed by atoms with Gasteiger partial charge in [-0.3, -0.25) is 9.63 Å². The lowest BCUT2D eigenvalue weighted by molar-refractivity contribution is -0.175. The summed E-state index contributed by atoms with van der Waals surface area (Å²) in [6.45, 7) is 7.86. The lowest BCUT2D eigenvalue weighted by atomic mass is 9.93. The molecule has 0 N–H and O–H groups in total. The van der Waals surface area contributed by atoms with Gasteiger partial charge in [0, 0.05) is 19.6 Å². The number of hydrogen-bond donors (Lipinski definition) is 0. The van der Waals surface area contributed by atoms with Gasteiger partial charge in [0.1, 0.15) is 5.60 Å². The van der Waals surface area contributed by atoms with Crippen molar-refractivity contribution in [2.75, 3.05) is 20.7 Å². The molecule has 20 heavy (non-hydrogen) atoms. The Bertz CT molecular complexity index is 365. The van der Waals surface area contributed by atoms with E-state index in [0.717, 1.165) is 12.8 Å². The number of rotatable bonds is 2. The molecule has 0 spiro atoms. The van der Waals surface area contributed by atoms with Crippen molar-refractivity contribution < 1.29 is 19.2 Å². The Hall–Kier alpha value is -1.30. The van der Waals surface area contributed by atoms with Gasteiger partial charge >= 0.3 is 6.09 Å². The van der Waals surface area contributed by atoms with Gasteiger partial charge in [-0.25, -0.2) is 9.86 Å². The van der Waals surface area contributed by atoms with Crippen molar-refractivity contribution in [1.29, 1.82) is 0 Å². The van der Waals surface area contributed by atoms with Gasteiger partial charge in [0.15, 0.2) is 0 Å². The molecule has 1 rings (SSSR count). The third-order valence-corrected chi connectivity index (χ3v) is 3.44. The average Bonchev–Trinajstić information content (AvgIpc) is 2.35. The minimum absolute atomic E-state index is 0.0850. The second-order valence-electron chi connectivity index (χ2n) is 6.27. The fourth-order valence-electron chi connectivity index (χ4n) is 2.23. The molecule has 0 aromatic heterocycles. The molecule has 6 heteroatoms. The monoisotopic (exact) mass is 286 g/mol. The Morgan fingerprint density at radius 2 is 1.85 bits per heavy atom. The maximum absolute atomic E-state index is 12.2. The van der Waals surface area contributed by atoms with Crippen LogP contribution in [-0.4, -0.2) is 54.3 Å². The molecule has 0 aromatic carbocycles. The minimum Gasteiger partial charge on any atom is -0.444 e. The van der Waals surface area contributed by atoms with E-state index in [9.17, 15) is 9.59 Å². The zero-order valence-corrected chi connectivity index (χ0v) is 13.3. The summed E-state index contributed by atoms with van der Waals surface area (Å²) in [4.78, 5) is 30.8. The van der Waals surface area contributed by atoms with Crippen molar-refractivity contribution in [1.82, 2.24) is 9.96 Å². The van der Waals surface area contributed by atoms with Gasteiger partial charge in [-0.15, -0.1) is 0 Å². The van der Waals surface area contributed by atoms with E-state index in [1.54, 1.807) is 11.9 Å². The Kier molecular flexibility index (Phi) is 5.39. The largest absolute Gasteiger partial charge is 0.444 e. The second-order valence-corrected chi connectivity index (χ2v) is 6.27. The topological polar surface area (TPSA) is 59.1 Å². The standard InChI is InChI=1S/C14H26N2O4/c1-10-7-8-11(12(17)15(5)19-6)9-16(10)13(18)20-14(2,3)4/h10-11H,7-9H2,1-6H3/t10-,11-/m1/s1. The highest BCUT2D eigenvalue weighted by atomic mass is 16.7. The van der Waals surface area contributed by atoms with Gasteiger partial charge in [0.25, 0.3) is 5.91 Å². The second kappa shape index (κ2) is 6.43. The summed E-state index contributed by atoms with van der Waals surface area (Å²) >= 11 is 0. The van der Waals surface area contributed by atoms with Gasteiger partial charge in [0.2, 0.25) is 0 Å². The summed E-state index contributed by atoms with van der Waals surface area (Å²) < 4.78 is 5.39. The van der Waals surface area contributed by atoms with Crippen LogP contribution in [0, 0.1) is 5.92 Å². The first-order valence-corrected chi connectivity index (χ1v) is 6.97. The molecular weight excluding hydrogens is 260 g/mol. The van der Waals surface area contributed by atoms with Crippen LogP contribution in [0.4, 0.5) is 4.79 Å². The zero-order valence-electron chi connectivity index (χ0n) is 13.3. The Morgan fingerprint density at radius 3 is 2.35 bits per heavy atom. The Balaban J connectivity index is 2.71. The van der Waals surface area contributed by atoms with Gasteiger partial charge in [-0.1, -0.05) is 0 Å². The van der Waals surface area contributed by atoms with Crippen molar-refractivity contribution in [2.45, 2.75) is 52.2 Å². The first-order chi connectivity index (χ1) is 9.15. The highest BCUT2D eigenvalue weighted by Gasteiger charge is 2.36. The van der Waals surface area contributed by atoms with E-state index in [4.69, 9.17) is 9.57 Å². The first-order valence-electron chi connectivity index (χ1n) is 6.97. The molecule has 0 bridgehead atoms. The van der Waals surface area contributed by atoms with Crippen LogP contribution in [0.1, 0.15) is 40.5 Å². The van der Waals surface area contributed by atoms with Crippen LogP contribution in [0.2, 0.25) is 0 Å². The van der Waals surface area contributed by atoms with E-state index in [1.807, 2.05) is 27.7 Å². The lowest BCUT2D eigenvalue weighted by Crippen LogP contribution is -2.50. The number of nitrogens with zero attached hydrogens (tertiary/aromatic N) is 2. The molecule has 0 aliphatic carbocycles. The molecule has 0 radical (unpaired) electrons. The summed E-state index contributed by atoms with van der Waals surface area (Å²) in [5.41, 5.74) is -0.531. The molecule has 0 unspecified atom stereocenters.